The fraction of sp³-hybridized carbons (Fsp3) is 0.378. The van der Waals surface area contributed by atoms with E-state index in [0.717, 1.165) is 12.1 Å². The normalized spacial score (nSPS) is 24.2. The second kappa shape index (κ2) is 19.2. The molecule has 1 aliphatic rings. The van der Waals surface area contributed by atoms with Crippen molar-refractivity contribution >= 4 is 33.6 Å². The SMILES string of the molecule is COC1\C=C/C=C/C=C/CC(OC(=O)[C@H](C)NC(=O)c2ccccc2)C(C)C(O)/C(C)=C/CCc2cc(OS(=O)(=O)C(F)(F)F)cc(c2O)NC(=O)C1. The van der Waals surface area contributed by atoms with Gasteiger partial charge in [-0.15, -0.1) is 0 Å². The number of rotatable bonds is 7. The summed E-state index contributed by atoms with van der Waals surface area (Å²) in [5.74, 6) is -3.95. The second-order valence-corrected chi connectivity index (χ2v) is 13.8. The average Bonchev–Trinajstić information content (AvgIpc) is 3.10. The van der Waals surface area contributed by atoms with Crippen LogP contribution in [0.3, 0.4) is 0 Å². The lowest BCUT2D eigenvalue weighted by molar-refractivity contribution is -0.155. The molecule has 0 radical (unpaired) electrons. The molecule has 0 spiro atoms. The number of phenols is 1. The Bertz CT molecular complexity index is 1830. The molecule has 0 aliphatic carbocycles. The van der Waals surface area contributed by atoms with Crippen LogP contribution in [0.25, 0.3) is 0 Å². The molecular formula is C37H43F3N2O10S. The third-order valence-electron chi connectivity index (χ3n) is 8.21. The van der Waals surface area contributed by atoms with E-state index in [9.17, 15) is 46.2 Å². The first kappa shape index (κ1) is 42.5. The first-order valence-electron chi connectivity index (χ1n) is 16.5. The predicted octanol–water partition coefficient (Wildman–Crippen LogP) is 5.64. The summed E-state index contributed by atoms with van der Waals surface area (Å²) < 4.78 is 78.4. The summed E-state index contributed by atoms with van der Waals surface area (Å²) >= 11 is 0. The number of aliphatic hydroxyl groups is 1. The number of carbonyl (C=O) groups is 3. The van der Waals surface area contributed by atoms with Crippen LogP contribution >= 0.6 is 0 Å². The highest BCUT2D eigenvalue weighted by Gasteiger charge is 2.48. The minimum atomic E-state index is -6.09. The van der Waals surface area contributed by atoms with Gasteiger partial charge in [-0.2, -0.15) is 21.6 Å². The van der Waals surface area contributed by atoms with E-state index in [1.807, 2.05) is 0 Å². The van der Waals surface area contributed by atoms with Gasteiger partial charge in [0, 0.05) is 36.6 Å². The Morgan fingerprint density at radius 2 is 1.75 bits per heavy atom. The van der Waals surface area contributed by atoms with Crippen LogP contribution < -0.4 is 14.8 Å². The van der Waals surface area contributed by atoms with Gasteiger partial charge in [0.15, 0.2) is 0 Å². The summed E-state index contributed by atoms with van der Waals surface area (Å²) in [7, 11) is -4.74. The van der Waals surface area contributed by atoms with Gasteiger partial charge in [0.2, 0.25) is 5.91 Å². The van der Waals surface area contributed by atoms with Crippen molar-refractivity contribution in [2.45, 2.75) is 76.3 Å². The van der Waals surface area contributed by atoms with Crippen molar-refractivity contribution in [3.05, 3.63) is 102 Å². The van der Waals surface area contributed by atoms with Crippen molar-refractivity contribution in [1.82, 2.24) is 5.32 Å². The van der Waals surface area contributed by atoms with Gasteiger partial charge < -0.3 is 34.5 Å². The molecule has 5 atom stereocenters. The molecule has 4 unspecified atom stereocenters. The van der Waals surface area contributed by atoms with Gasteiger partial charge in [0.05, 0.1) is 24.3 Å². The molecule has 2 aromatic carbocycles. The molecule has 12 nitrogen and oxygen atoms in total. The maximum atomic E-state index is 13.1. The maximum absolute atomic E-state index is 13.1. The highest BCUT2D eigenvalue weighted by atomic mass is 32.2. The predicted molar refractivity (Wildman–Crippen MR) is 190 cm³/mol. The zero-order valence-electron chi connectivity index (χ0n) is 29.5. The number of aromatic hydroxyl groups is 1. The molecule has 53 heavy (non-hydrogen) atoms. The number of carbonyl (C=O) groups excluding carboxylic acids is 3. The summed E-state index contributed by atoms with van der Waals surface area (Å²) in [5.41, 5.74) is -5.43. The molecule has 1 heterocycles. The molecular weight excluding hydrogens is 721 g/mol. The number of allylic oxidation sites excluding steroid dienone is 5. The number of hydrogen-bond donors (Lipinski definition) is 4. The maximum Gasteiger partial charge on any atom is 0.534 e. The molecule has 0 saturated heterocycles. The van der Waals surface area contributed by atoms with E-state index in [1.54, 1.807) is 86.7 Å². The quantitative estimate of drug-likeness (QED) is 0.0907. The first-order chi connectivity index (χ1) is 24.9. The van der Waals surface area contributed by atoms with Crippen molar-refractivity contribution in [2.75, 3.05) is 12.4 Å². The van der Waals surface area contributed by atoms with Crippen LogP contribution in [0.2, 0.25) is 0 Å². The average molecular weight is 765 g/mol. The Labute approximate surface area is 306 Å². The van der Waals surface area contributed by atoms with Crippen molar-refractivity contribution in [3.63, 3.8) is 0 Å². The highest BCUT2D eigenvalue weighted by Crippen LogP contribution is 2.36. The first-order valence-corrected chi connectivity index (χ1v) is 17.9. The Morgan fingerprint density at radius 1 is 1.08 bits per heavy atom. The lowest BCUT2D eigenvalue weighted by Crippen LogP contribution is -2.43. The Morgan fingerprint density at radius 3 is 2.42 bits per heavy atom. The van der Waals surface area contributed by atoms with Gasteiger partial charge in [-0.1, -0.05) is 67.7 Å². The molecule has 2 aromatic rings. The van der Waals surface area contributed by atoms with Crippen LogP contribution in [0.5, 0.6) is 11.5 Å². The van der Waals surface area contributed by atoms with Crippen molar-refractivity contribution in [1.29, 1.82) is 0 Å². The molecule has 3 rings (SSSR count). The molecule has 2 amide bonds. The number of esters is 1. The number of fused-ring (bicyclic) bond motifs is 2. The van der Waals surface area contributed by atoms with Crippen LogP contribution in [0, 0.1) is 5.92 Å². The number of benzene rings is 2. The number of nitrogens with one attached hydrogen (secondary N) is 2. The Kier molecular flexibility index (Phi) is 15.4. The molecule has 0 fully saturated rings. The zero-order valence-corrected chi connectivity index (χ0v) is 30.3. The van der Waals surface area contributed by atoms with E-state index in [0.29, 0.717) is 11.1 Å². The fourth-order valence-electron chi connectivity index (χ4n) is 5.14. The summed E-state index contributed by atoms with van der Waals surface area (Å²) in [6.07, 6.45) is 8.55. The highest BCUT2D eigenvalue weighted by molar-refractivity contribution is 7.88. The minimum Gasteiger partial charge on any atom is -0.505 e. The smallest absolute Gasteiger partial charge is 0.505 e. The van der Waals surface area contributed by atoms with Crippen LogP contribution in [-0.4, -0.2) is 73.4 Å². The van der Waals surface area contributed by atoms with E-state index >= 15 is 0 Å². The van der Waals surface area contributed by atoms with Crippen LogP contribution in [0.15, 0.2) is 90.6 Å². The van der Waals surface area contributed by atoms with Crippen LogP contribution in [-0.2, 0) is 35.6 Å². The lowest BCUT2D eigenvalue weighted by atomic mass is 9.90. The van der Waals surface area contributed by atoms with Crippen molar-refractivity contribution < 1.29 is 59.8 Å². The van der Waals surface area contributed by atoms with E-state index in [-0.39, 0.29) is 31.2 Å². The molecule has 0 saturated carbocycles. The number of methoxy groups -OCH3 is 1. The summed E-state index contributed by atoms with van der Waals surface area (Å²) in [6.45, 7) is 4.75. The van der Waals surface area contributed by atoms with E-state index in [4.69, 9.17) is 9.47 Å². The number of aliphatic hydroxyl groups excluding tert-OH is 1. The Hall–Kier alpha value is -4.93. The number of phenolic OH excluding ortho intramolecular Hbond substituents is 1. The second-order valence-electron chi connectivity index (χ2n) is 12.2. The molecule has 16 heteroatoms. The standard InChI is InChI=1S/C37H43F3N2O10S/c1-23-14-13-17-27-20-29(52-53(48,49)37(38,39)40)21-30(34(27)45)42-32(43)22-28(50-4)18-11-6-5-7-12-19-31(24(2)33(23)44)51-36(47)25(3)41-35(46)26-15-9-8-10-16-26/h5-12,14-16,18,20-21,24-25,28,31,33,44-45H,13,17,19,22H2,1-4H3,(H,41,46)(H,42,43)/b6-5+,12-7+,18-11-,23-14+/t24?,25-,28?,31?,33?/m0/s1. The third kappa shape index (κ3) is 12.6. The Balaban J connectivity index is 1.94. The van der Waals surface area contributed by atoms with Gasteiger partial charge in [0.1, 0.15) is 23.6 Å². The van der Waals surface area contributed by atoms with Gasteiger partial charge in [0.25, 0.3) is 5.91 Å². The van der Waals surface area contributed by atoms with Gasteiger partial charge in [-0.3, -0.25) is 9.59 Å². The molecule has 4 N–H and O–H groups in total. The summed E-state index contributed by atoms with van der Waals surface area (Å²) in [5, 5.41) is 27.2. The van der Waals surface area contributed by atoms with E-state index in [2.05, 4.69) is 14.8 Å². The molecule has 0 aromatic heterocycles. The number of halogens is 3. The summed E-state index contributed by atoms with van der Waals surface area (Å²) in [4.78, 5) is 38.6. The number of alkyl halides is 3. The number of ether oxygens (including phenoxy) is 2. The number of hydrogen-bond acceptors (Lipinski definition) is 10. The van der Waals surface area contributed by atoms with Gasteiger partial charge in [-0.05, 0) is 50.5 Å². The summed E-state index contributed by atoms with van der Waals surface area (Å²) in [6, 6.07) is 8.94. The number of anilines is 1. The van der Waals surface area contributed by atoms with E-state index in [1.165, 1.54) is 14.0 Å². The number of aryl methyl sites for hydroxylation is 1. The largest absolute Gasteiger partial charge is 0.534 e. The third-order valence-corrected chi connectivity index (χ3v) is 9.19. The van der Waals surface area contributed by atoms with Gasteiger partial charge in [-0.25, -0.2) is 4.79 Å². The van der Waals surface area contributed by atoms with Gasteiger partial charge >= 0.3 is 21.6 Å². The monoisotopic (exact) mass is 764 g/mol. The molecule has 288 valence electrons. The fourth-order valence-corrected chi connectivity index (χ4v) is 5.58. The van der Waals surface area contributed by atoms with Crippen molar-refractivity contribution in [3.8, 4) is 11.5 Å². The topological polar surface area (TPSA) is 178 Å². The van der Waals surface area contributed by atoms with Crippen LogP contribution in [0.1, 0.15) is 56.0 Å². The van der Waals surface area contributed by atoms with Crippen molar-refractivity contribution in [2.24, 2.45) is 5.92 Å². The molecule has 2 bridgehead atoms. The minimum absolute atomic E-state index is 0.0653. The zero-order chi connectivity index (χ0) is 39.3. The van der Waals surface area contributed by atoms with E-state index < -0.39 is 80.9 Å². The molecule has 1 aliphatic heterocycles. The number of amides is 2. The lowest BCUT2D eigenvalue weighted by Gasteiger charge is -2.29. The van der Waals surface area contributed by atoms with Crippen LogP contribution in [0.4, 0.5) is 18.9 Å².